The minimum atomic E-state index is -0.495. The topological polar surface area (TPSA) is 81.2 Å². The van der Waals surface area contributed by atoms with Gasteiger partial charge in [-0.05, 0) is 45.4 Å². The molecule has 0 saturated carbocycles. The Hall–Kier alpha value is -2.32. The summed E-state index contributed by atoms with van der Waals surface area (Å²) in [7, 11) is 0. The quantitative estimate of drug-likeness (QED) is 0.307. The number of carbonyl (C=O) groups is 1. The predicted molar refractivity (Wildman–Crippen MR) is 131 cm³/mol. The SMILES string of the molecule is CCNC(=NCc1ccccc1CN1CCN(CC)CC1)NCCNC(=O)OC(C)(C)C. The average molecular weight is 447 g/mol. The molecule has 1 aromatic rings. The Morgan fingerprint density at radius 1 is 0.969 bits per heavy atom. The Kier molecular flexibility index (Phi) is 10.8. The van der Waals surface area contributed by atoms with Gasteiger partial charge in [-0.1, -0.05) is 31.2 Å². The Morgan fingerprint density at radius 2 is 1.59 bits per heavy atom. The molecule has 0 atom stereocenters. The lowest BCUT2D eigenvalue weighted by molar-refractivity contribution is 0.0529. The third kappa shape index (κ3) is 9.87. The van der Waals surface area contributed by atoms with Crippen molar-refractivity contribution >= 4 is 12.1 Å². The van der Waals surface area contributed by atoms with E-state index in [1.165, 1.54) is 11.1 Å². The molecule has 1 fully saturated rings. The fraction of sp³-hybridized carbons (Fsp3) is 0.667. The molecule has 0 radical (unpaired) electrons. The highest BCUT2D eigenvalue weighted by Gasteiger charge is 2.17. The van der Waals surface area contributed by atoms with E-state index in [9.17, 15) is 4.79 Å². The molecule has 1 saturated heterocycles. The molecule has 1 aromatic carbocycles. The monoisotopic (exact) mass is 446 g/mol. The predicted octanol–water partition coefficient (Wildman–Crippen LogP) is 2.40. The van der Waals surface area contributed by atoms with E-state index in [2.05, 4.69) is 56.9 Å². The summed E-state index contributed by atoms with van der Waals surface area (Å²) < 4.78 is 5.26. The van der Waals surface area contributed by atoms with Crippen LogP contribution in [-0.2, 0) is 17.8 Å². The molecule has 1 heterocycles. The minimum Gasteiger partial charge on any atom is -0.444 e. The number of hydrogen-bond donors (Lipinski definition) is 3. The lowest BCUT2D eigenvalue weighted by Crippen LogP contribution is -2.45. The molecule has 32 heavy (non-hydrogen) atoms. The van der Waals surface area contributed by atoms with Gasteiger partial charge in [0, 0.05) is 52.4 Å². The second-order valence-corrected chi connectivity index (χ2v) is 9.03. The standard InChI is InChI=1S/C24H42N6O2/c1-6-25-22(26-12-13-27-23(31)32-24(3,4)5)28-18-20-10-8-9-11-21(20)19-30-16-14-29(7-2)15-17-30/h8-11H,6-7,12-19H2,1-5H3,(H,27,31)(H2,25,26,28). The molecule has 0 bridgehead atoms. The number of aliphatic imine (C=N–C) groups is 1. The first kappa shape index (κ1) is 25.9. The summed E-state index contributed by atoms with van der Waals surface area (Å²) in [4.78, 5) is 21.6. The summed E-state index contributed by atoms with van der Waals surface area (Å²) in [6, 6.07) is 8.56. The molecule has 0 unspecified atom stereocenters. The number of nitrogens with one attached hydrogen (secondary N) is 3. The van der Waals surface area contributed by atoms with Crippen LogP contribution in [-0.4, -0.2) is 79.8 Å². The average Bonchev–Trinajstić information content (AvgIpc) is 2.75. The van der Waals surface area contributed by atoms with E-state index in [-0.39, 0.29) is 0 Å². The molecule has 1 amide bonds. The number of likely N-dealkylation sites (N-methyl/N-ethyl adjacent to an activating group) is 1. The van der Waals surface area contributed by atoms with Gasteiger partial charge in [-0.3, -0.25) is 4.90 Å². The minimum absolute atomic E-state index is 0.407. The zero-order chi connectivity index (χ0) is 23.4. The molecule has 180 valence electrons. The fourth-order valence-corrected chi connectivity index (χ4v) is 3.54. The molecular formula is C24H42N6O2. The number of ether oxygens (including phenoxy) is 1. The number of rotatable bonds is 9. The highest BCUT2D eigenvalue weighted by Crippen LogP contribution is 2.14. The van der Waals surface area contributed by atoms with Crippen LogP contribution < -0.4 is 16.0 Å². The molecule has 1 aliphatic rings. The zero-order valence-corrected chi connectivity index (χ0v) is 20.5. The number of guanidine groups is 1. The second kappa shape index (κ2) is 13.3. The van der Waals surface area contributed by atoms with Gasteiger partial charge in [0.2, 0.25) is 0 Å². The van der Waals surface area contributed by atoms with Crippen molar-refractivity contribution in [1.29, 1.82) is 0 Å². The van der Waals surface area contributed by atoms with Crippen LogP contribution in [0.25, 0.3) is 0 Å². The van der Waals surface area contributed by atoms with E-state index in [1.54, 1.807) is 0 Å². The van der Waals surface area contributed by atoms with Crippen LogP contribution in [0.3, 0.4) is 0 Å². The third-order valence-electron chi connectivity index (χ3n) is 5.26. The van der Waals surface area contributed by atoms with E-state index in [1.807, 2.05) is 27.7 Å². The van der Waals surface area contributed by atoms with Crippen LogP contribution in [0.4, 0.5) is 4.79 Å². The number of hydrogen-bond acceptors (Lipinski definition) is 5. The second-order valence-electron chi connectivity index (χ2n) is 9.03. The number of nitrogens with zero attached hydrogens (tertiary/aromatic N) is 3. The van der Waals surface area contributed by atoms with Gasteiger partial charge in [0.1, 0.15) is 5.60 Å². The van der Waals surface area contributed by atoms with Gasteiger partial charge >= 0.3 is 6.09 Å². The lowest BCUT2D eigenvalue weighted by atomic mass is 10.1. The number of carbonyl (C=O) groups excluding carboxylic acids is 1. The van der Waals surface area contributed by atoms with E-state index in [0.29, 0.717) is 19.6 Å². The summed E-state index contributed by atoms with van der Waals surface area (Å²) in [5.41, 5.74) is 2.09. The van der Waals surface area contributed by atoms with Crippen LogP contribution in [0.1, 0.15) is 45.7 Å². The molecule has 8 heteroatoms. The van der Waals surface area contributed by atoms with Crippen LogP contribution >= 0.6 is 0 Å². The van der Waals surface area contributed by atoms with Crippen molar-refractivity contribution < 1.29 is 9.53 Å². The van der Waals surface area contributed by atoms with Crippen LogP contribution in [0.5, 0.6) is 0 Å². The number of alkyl carbamates (subject to hydrolysis) is 1. The summed E-state index contributed by atoms with van der Waals surface area (Å²) in [6.07, 6.45) is -0.407. The van der Waals surface area contributed by atoms with Crippen molar-refractivity contribution in [2.24, 2.45) is 4.99 Å². The van der Waals surface area contributed by atoms with E-state index < -0.39 is 11.7 Å². The molecule has 3 N–H and O–H groups in total. The maximum absolute atomic E-state index is 11.8. The first-order valence-electron chi connectivity index (χ1n) is 11.8. The van der Waals surface area contributed by atoms with E-state index >= 15 is 0 Å². The highest BCUT2D eigenvalue weighted by molar-refractivity contribution is 5.79. The van der Waals surface area contributed by atoms with Crippen molar-refractivity contribution in [1.82, 2.24) is 25.8 Å². The molecule has 1 aliphatic heterocycles. The maximum Gasteiger partial charge on any atom is 0.407 e. The van der Waals surface area contributed by atoms with Crippen molar-refractivity contribution in [3.05, 3.63) is 35.4 Å². The van der Waals surface area contributed by atoms with Crippen molar-refractivity contribution in [3.8, 4) is 0 Å². The van der Waals surface area contributed by atoms with Gasteiger partial charge in [-0.15, -0.1) is 0 Å². The van der Waals surface area contributed by atoms with Crippen molar-refractivity contribution in [2.45, 2.75) is 53.3 Å². The molecule has 0 aromatic heterocycles. The Morgan fingerprint density at radius 3 is 2.22 bits per heavy atom. The Balaban J connectivity index is 1.86. The Bertz CT molecular complexity index is 723. The van der Waals surface area contributed by atoms with Gasteiger partial charge < -0.3 is 25.6 Å². The summed E-state index contributed by atoms with van der Waals surface area (Å²) >= 11 is 0. The largest absolute Gasteiger partial charge is 0.444 e. The highest BCUT2D eigenvalue weighted by atomic mass is 16.6. The molecule has 0 spiro atoms. The summed E-state index contributed by atoms with van der Waals surface area (Å²) in [5, 5.41) is 9.30. The van der Waals surface area contributed by atoms with Gasteiger partial charge in [0.05, 0.1) is 6.54 Å². The molecule has 2 rings (SSSR count). The lowest BCUT2D eigenvalue weighted by Gasteiger charge is -2.34. The maximum atomic E-state index is 11.8. The number of piperazine rings is 1. The zero-order valence-electron chi connectivity index (χ0n) is 20.5. The molecule has 8 nitrogen and oxygen atoms in total. The van der Waals surface area contributed by atoms with Crippen molar-refractivity contribution in [2.75, 3.05) is 52.4 Å². The first-order chi connectivity index (χ1) is 15.3. The van der Waals surface area contributed by atoms with Gasteiger partial charge in [0.25, 0.3) is 0 Å². The third-order valence-corrected chi connectivity index (χ3v) is 5.26. The Labute approximate surface area is 193 Å². The van der Waals surface area contributed by atoms with Crippen LogP contribution in [0, 0.1) is 0 Å². The van der Waals surface area contributed by atoms with Crippen LogP contribution in [0.2, 0.25) is 0 Å². The number of amides is 1. The van der Waals surface area contributed by atoms with Gasteiger partial charge in [0.15, 0.2) is 5.96 Å². The molecular weight excluding hydrogens is 404 g/mol. The van der Waals surface area contributed by atoms with Crippen molar-refractivity contribution in [3.63, 3.8) is 0 Å². The fourth-order valence-electron chi connectivity index (χ4n) is 3.54. The summed E-state index contributed by atoms with van der Waals surface area (Å²) in [6.45, 7) is 18.8. The summed E-state index contributed by atoms with van der Waals surface area (Å²) in [5.74, 6) is 0.741. The molecule has 0 aliphatic carbocycles. The van der Waals surface area contributed by atoms with E-state index in [0.717, 1.165) is 51.8 Å². The van der Waals surface area contributed by atoms with Crippen LogP contribution in [0.15, 0.2) is 29.3 Å². The first-order valence-corrected chi connectivity index (χ1v) is 11.8. The van der Waals surface area contributed by atoms with E-state index in [4.69, 9.17) is 9.73 Å². The normalized spacial score (nSPS) is 16.0. The number of benzene rings is 1. The van der Waals surface area contributed by atoms with Gasteiger partial charge in [-0.25, -0.2) is 9.79 Å². The van der Waals surface area contributed by atoms with Gasteiger partial charge in [-0.2, -0.15) is 0 Å². The smallest absolute Gasteiger partial charge is 0.407 e.